The van der Waals surface area contributed by atoms with Crippen molar-refractivity contribution in [3.05, 3.63) is 88.7 Å². The Balaban J connectivity index is 1.43. The molecular weight excluding hydrogens is 463 g/mol. The van der Waals surface area contributed by atoms with Crippen LogP contribution in [0.15, 0.2) is 60.8 Å². The molecule has 1 unspecified atom stereocenters. The van der Waals surface area contributed by atoms with Crippen LogP contribution in [0.1, 0.15) is 39.2 Å². The number of pyridine rings is 1. The lowest BCUT2D eigenvalue weighted by Crippen LogP contribution is -2.28. The zero-order valence-corrected chi connectivity index (χ0v) is 18.1. The molecular formula is C25H18F3N3O4. The lowest BCUT2D eigenvalue weighted by Gasteiger charge is -2.24. The summed E-state index contributed by atoms with van der Waals surface area (Å²) >= 11 is 0. The minimum atomic E-state index is -4.65. The molecule has 1 aromatic heterocycles. The highest BCUT2D eigenvalue weighted by molar-refractivity contribution is 5.93. The first-order valence-corrected chi connectivity index (χ1v) is 10.6. The van der Waals surface area contributed by atoms with Gasteiger partial charge in [0.25, 0.3) is 0 Å². The van der Waals surface area contributed by atoms with E-state index in [9.17, 15) is 22.8 Å². The van der Waals surface area contributed by atoms with E-state index in [4.69, 9.17) is 15.0 Å². The van der Waals surface area contributed by atoms with Crippen molar-refractivity contribution in [2.45, 2.75) is 25.4 Å². The number of amides is 1. The van der Waals surface area contributed by atoms with Gasteiger partial charge in [0.05, 0.1) is 17.2 Å². The number of anilines is 1. The first kappa shape index (κ1) is 23.8. The Kier molecular flexibility index (Phi) is 6.68. The second-order valence-electron chi connectivity index (χ2n) is 7.94. The SMILES string of the molecule is N#Cc1cc(NC(=O)C2CCc3ccc(OOC(=O)c4ccccn4)cc3C2)cc(C(F)(F)F)c1. The third-order valence-electron chi connectivity index (χ3n) is 5.52. The van der Waals surface area contributed by atoms with Crippen molar-refractivity contribution >= 4 is 17.6 Å². The fourth-order valence-electron chi connectivity index (χ4n) is 3.79. The number of carbonyl (C=O) groups excluding carboxylic acids is 2. The van der Waals surface area contributed by atoms with Gasteiger partial charge in [0.2, 0.25) is 5.91 Å². The van der Waals surface area contributed by atoms with E-state index in [2.05, 4.69) is 10.3 Å². The van der Waals surface area contributed by atoms with E-state index in [1.807, 2.05) is 0 Å². The molecule has 0 saturated carbocycles. The molecule has 0 saturated heterocycles. The first-order chi connectivity index (χ1) is 16.7. The molecule has 0 bridgehead atoms. The second-order valence-corrected chi connectivity index (χ2v) is 7.94. The Hall–Kier alpha value is -4.39. The van der Waals surface area contributed by atoms with Crippen LogP contribution in [0.5, 0.6) is 5.75 Å². The quantitative estimate of drug-likeness (QED) is 0.412. The van der Waals surface area contributed by atoms with Crippen LogP contribution in [0.25, 0.3) is 0 Å². The van der Waals surface area contributed by atoms with Gasteiger partial charge in [0.1, 0.15) is 0 Å². The molecule has 0 radical (unpaired) electrons. The zero-order valence-electron chi connectivity index (χ0n) is 18.1. The summed E-state index contributed by atoms with van der Waals surface area (Å²) in [4.78, 5) is 38.6. The fourth-order valence-corrected chi connectivity index (χ4v) is 3.79. The maximum Gasteiger partial charge on any atom is 0.416 e. The number of halogens is 3. The van der Waals surface area contributed by atoms with Crippen LogP contribution in [0, 0.1) is 17.2 Å². The number of fused-ring (bicyclic) bond motifs is 1. The Bertz CT molecular complexity index is 1300. The topological polar surface area (TPSA) is 101 Å². The van der Waals surface area contributed by atoms with Gasteiger partial charge in [0.15, 0.2) is 11.4 Å². The molecule has 1 N–H and O–H groups in total. The average molecular weight is 481 g/mol. The molecule has 0 spiro atoms. The standard InChI is InChI=1S/C25H18F3N3O4/c26-25(27,28)19-9-15(14-29)10-20(13-19)31-23(32)17-5-4-16-6-7-21(12-18(16)11-17)34-35-24(33)22-3-1-2-8-30-22/h1-3,6-10,12-13,17H,4-5,11H2,(H,31,32). The minimum Gasteiger partial charge on any atom is -0.326 e. The number of alkyl halides is 3. The predicted molar refractivity (Wildman–Crippen MR) is 117 cm³/mol. The predicted octanol–water partition coefficient (Wildman–Crippen LogP) is 4.87. The highest BCUT2D eigenvalue weighted by Gasteiger charge is 2.32. The van der Waals surface area contributed by atoms with Crippen molar-refractivity contribution in [3.8, 4) is 11.8 Å². The van der Waals surface area contributed by atoms with E-state index >= 15 is 0 Å². The van der Waals surface area contributed by atoms with Crippen LogP contribution in [0.2, 0.25) is 0 Å². The number of rotatable bonds is 5. The molecule has 178 valence electrons. The Morgan fingerprint density at radius 2 is 1.91 bits per heavy atom. The van der Waals surface area contributed by atoms with Gasteiger partial charge in [-0.05, 0) is 72.9 Å². The summed E-state index contributed by atoms with van der Waals surface area (Å²) in [7, 11) is 0. The maximum absolute atomic E-state index is 13.1. The number of carbonyl (C=O) groups is 2. The Morgan fingerprint density at radius 1 is 1.09 bits per heavy atom. The largest absolute Gasteiger partial charge is 0.416 e. The van der Waals surface area contributed by atoms with Gasteiger partial charge in [-0.15, -0.1) is 0 Å². The molecule has 1 aliphatic carbocycles. The fraction of sp³-hybridized carbons (Fsp3) is 0.200. The van der Waals surface area contributed by atoms with Gasteiger partial charge in [-0.25, -0.2) is 14.7 Å². The van der Waals surface area contributed by atoms with Gasteiger partial charge in [-0.1, -0.05) is 12.1 Å². The zero-order chi connectivity index (χ0) is 25.0. The van der Waals surface area contributed by atoms with Crippen LogP contribution in [0.4, 0.5) is 18.9 Å². The first-order valence-electron chi connectivity index (χ1n) is 10.6. The Morgan fingerprint density at radius 3 is 2.63 bits per heavy atom. The maximum atomic E-state index is 13.1. The van der Waals surface area contributed by atoms with Crippen LogP contribution >= 0.6 is 0 Å². The average Bonchev–Trinajstić information content (AvgIpc) is 2.86. The molecule has 3 aromatic rings. The molecule has 1 heterocycles. The van der Waals surface area contributed by atoms with Crippen LogP contribution in [-0.2, 0) is 28.7 Å². The van der Waals surface area contributed by atoms with E-state index in [0.29, 0.717) is 19.3 Å². The molecule has 1 atom stereocenters. The van der Waals surface area contributed by atoms with Crippen molar-refractivity contribution in [1.29, 1.82) is 5.26 Å². The van der Waals surface area contributed by atoms with Crippen molar-refractivity contribution in [2.24, 2.45) is 5.92 Å². The van der Waals surface area contributed by atoms with E-state index in [1.54, 1.807) is 36.4 Å². The summed E-state index contributed by atoms with van der Waals surface area (Å²) in [6.07, 6.45) is -1.81. The molecule has 35 heavy (non-hydrogen) atoms. The third-order valence-corrected chi connectivity index (χ3v) is 5.52. The highest BCUT2D eigenvalue weighted by Crippen LogP contribution is 2.33. The van der Waals surface area contributed by atoms with Crippen molar-refractivity contribution < 1.29 is 32.5 Å². The van der Waals surface area contributed by atoms with Crippen molar-refractivity contribution in [2.75, 3.05) is 5.32 Å². The summed E-state index contributed by atoms with van der Waals surface area (Å²) in [6.45, 7) is 0. The molecule has 0 fully saturated rings. The van der Waals surface area contributed by atoms with Crippen molar-refractivity contribution in [3.63, 3.8) is 0 Å². The molecule has 10 heteroatoms. The highest BCUT2D eigenvalue weighted by atomic mass is 19.4. The van der Waals surface area contributed by atoms with Gasteiger partial charge < -0.3 is 5.32 Å². The van der Waals surface area contributed by atoms with Crippen LogP contribution in [0.3, 0.4) is 0 Å². The van der Waals surface area contributed by atoms with Gasteiger partial charge in [0, 0.05) is 17.8 Å². The summed E-state index contributed by atoms with van der Waals surface area (Å²) in [5.41, 5.74) is 0.559. The van der Waals surface area contributed by atoms with Crippen LogP contribution in [-0.4, -0.2) is 16.9 Å². The summed E-state index contributed by atoms with van der Waals surface area (Å²) in [5.74, 6) is -1.47. The minimum absolute atomic E-state index is 0.0799. The van der Waals surface area contributed by atoms with Gasteiger partial charge in [-0.2, -0.15) is 18.4 Å². The molecule has 7 nitrogen and oxygen atoms in total. The third kappa shape index (κ3) is 5.76. The number of nitrogens with one attached hydrogen (secondary N) is 1. The number of hydrogen-bond acceptors (Lipinski definition) is 6. The molecule has 1 aliphatic rings. The second kappa shape index (κ2) is 9.85. The number of nitrogens with zero attached hydrogens (tertiary/aromatic N) is 2. The number of benzene rings is 2. The normalized spacial score (nSPS) is 14.9. The van der Waals surface area contributed by atoms with Crippen molar-refractivity contribution in [1.82, 2.24) is 4.98 Å². The summed E-state index contributed by atoms with van der Waals surface area (Å²) in [6, 6.07) is 14.3. The van der Waals surface area contributed by atoms with Crippen LogP contribution < -0.4 is 10.2 Å². The molecule has 0 aliphatic heterocycles. The molecule has 4 rings (SSSR count). The summed E-state index contributed by atoms with van der Waals surface area (Å²) in [5, 5.41) is 11.5. The Labute approximate surface area is 198 Å². The lowest BCUT2D eigenvalue weighted by atomic mass is 9.83. The number of nitriles is 1. The number of aromatic nitrogens is 1. The number of hydrogen-bond donors (Lipinski definition) is 1. The molecule has 1 amide bonds. The monoisotopic (exact) mass is 481 g/mol. The molecule has 2 aromatic carbocycles. The number of aryl methyl sites for hydroxylation is 1. The van der Waals surface area contributed by atoms with E-state index < -0.39 is 29.5 Å². The van der Waals surface area contributed by atoms with E-state index in [0.717, 1.165) is 23.3 Å². The lowest BCUT2D eigenvalue weighted by molar-refractivity contribution is -0.150. The van der Waals surface area contributed by atoms with E-state index in [-0.39, 0.29) is 22.7 Å². The van der Waals surface area contributed by atoms with Gasteiger partial charge >= 0.3 is 12.1 Å². The van der Waals surface area contributed by atoms with Gasteiger partial charge in [-0.3, -0.25) is 9.68 Å². The van der Waals surface area contributed by atoms with E-state index in [1.165, 1.54) is 18.3 Å². The summed E-state index contributed by atoms with van der Waals surface area (Å²) < 4.78 is 39.4. The smallest absolute Gasteiger partial charge is 0.326 e.